The number of hydrogen-bond donors (Lipinski definition) is 1. The van der Waals surface area contributed by atoms with E-state index in [0.717, 1.165) is 73.4 Å². The fraction of sp³-hybridized carbons (Fsp3) is 0.170. The molecule has 6 aliphatic rings. The quantitative estimate of drug-likeness (QED) is 0.187. The summed E-state index contributed by atoms with van der Waals surface area (Å²) in [6.45, 7) is 0. The van der Waals surface area contributed by atoms with Crippen molar-refractivity contribution in [3.05, 3.63) is 184 Å². The van der Waals surface area contributed by atoms with Gasteiger partial charge in [0.15, 0.2) is 5.84 Å². The van der Waals surface area contributed by atoms with Gasteiger partial charge in [-0.2, -0.15) is 0 Å². The molecule has 0 fully saturated rings. The van der Waals surface area contributed by atoms with Gasteiger partial charge in [0.2, 0.25) is 0 Å². The monoisotopic (exact) mass is 749 g/mol. The fourth-order valence-corrected chi connectivity index (χ4v) is 9.96. The number of aromatic nitrogens is 2. The number of benzene rings is 4. The first-order chi connectivity index (χ1) is 28.7. The molecule has 0 saturated carbocycles. The highest BCUT2D eigenvalue weighted by atomic mass is 15.2. The third-order valence-electron chi connectivity index (χ3n) is 12.8. The maximum Gasteiger partial charge on any atom is 0.155 e. The number of para-hydroxylation sites is 2. The first-order valence-electron chi connectivity index (χ1n) is 21.0. The topological polar surface area (TPSA) is 46.6 Å². The molecular formula is C53H43N5. The Kier molecular flexibility index (Phi) is 7.75. The summed E-state index contributed by atoms with van der Waals surface area (Å²) >= 11 is 0. The van der Waals surface area contributed by atoms with E-state index in [4.69, 9.17) is 9.98 Å². The smallest absolute Gasteiger partial charge is 0.155 e. The van der Waals surface area contributed by atoms with Crippen molar-refractivity contribution in [2.45, 2.75) is 51.1 Å². The van der Waals surface area contributed by atoms with Crippen LogP contribution in [0.3, 0.4) is 0 Å². The van der Waals surface area contributed by atoms with Crippen LogP contribution in [0, 0.1) is 5.92 Å². The summed E-state index contributed by atoms with van der Waals surface area (Å²) in [7, 11) is 0. The minimum atomic E-state index is -0.315. The summed E-state index contributed by atoms with van der Waals surface area (Å²) in [6, 6.07) is 29.7. The van der Waals surface area contributed by atoms with E-state index in [1.54, 1.807) is 0 Å². The van der Waals surface area contributed by atoms with Gasteiger partial charge in [-0.15, -0.1) is 0 Å². The molecule has 1 aliphatic heterocycles. The summed E-state index contributed by atoms with van der Waals surface area (Å²) in [5.41, 5.74) is 13.6. The minimum absolute atomic E-state index is 0.315. The molecule has 12 rings (SSSR count). The van der Waals surface area contributed by atoms with Crippen LogP contribution in [-0.4, -0.2) is 20.8 Å². The van der Waals surface area contributed by atoms with E-state index >= 15 is 0 Å². The van der Waals surface area contributed by atoms with Crippen LogP contribution in [0.5, 0.6) is 0 Å². The zero-order valence-electron chi connectivity index (χ0n) is 32.4. The van der Waals surface area contributed by atoms with Gasteiger partial charge in [-0.25, -0.2) is 9.98 Å². The Morgan fingerprint density at radius 1 is 0.690 bits per heavy atom. The van der Waals surface area contributed by atoms with E-state index in [1.165, 1.54) is 71.2 Å². The van der Waals surface area contributed by atoms with Gasteiger partial charge >= 0.3 is 0 Å². The van der Waals surface area contributed by atoms with Crippen LogP contribution in [0.25, 0.3) is 62.3 Å². The predicted octanol–water partition coefficient (Wildman–Crippen LogP) is 10.7. The summed E-state index contributed by atoms with van der Waals surface area (Å²) in [5, 5.41) is 10.2. The van der Waals surface area contributed by atoms with Crippen LogP contribution >= 0.6 is 0 Å². The number of rotatable bonds is 5. The van der Waals surface area contributed by atoms with Gasteiger partial charge in [0.1, 0.15) is 12.0 Å². The van der Waals surface area contributed by atoms with Gasteiger partial charge in [0, 0.05) is 44.1 Å². The summed E-state index contributed by atoms with van der Waals surface area (Å²) in [6.07, 6.45) is 36.6. The van der Waals surface area contributed by atoms with Gasteiger partial charge in [0.25, 0.3) is 0 Å². The second-order valence-electron chi connectivity index (χ2n) is 16.3. The lowest BCUT2D eigenvalue weighted by Gasteiger charge is -2.27. The first-order valence-corrected chi connectivity index (χ1v) is 21.0. The molecule has 0 spiro atoms. The molecule has 58 heavy (non-hydrogen) atoms. The van der Waals surface area contributed by atoms with Crippen molar-refractivity contribution in [2.24, 2.45) is 15.9 Å². The maximum absolute atomic E-state index is 5.39. The average Bonchev–Trinajstić information content (AvgIpc) is 3.78. The lowest BCUT2D eigenvalue weighted by molar-refractivity contribution is 0.667. The Balaban J connectivity index is 1.08. The Hall–Kier alpha value is -6.72. The minimum Gasteiger partial charge on any atom is -0.344 e. The van der Waals surface area contributed by atoms with Crippen molar-refractivity contribution in [3.63, 3.8) is 0 Å². The maximum atomic E-state index is 5.39. The Labute approximate surface area is 337 Å². The number of hydrogen-bond acceptors (Lipinski definition) is 3. The van der Waals surface area contributed by atoms with E-state index < -0.39 is 0 Å². The van der Waals surface area contributed by atoms with E-state index in [1.807, 2.05) is 0 Å². The van der Waals surface area contributed by atoms with Gasteiger partial charge in [-0.3, -0.25) is 0 Å². The Morgan fingerprint density at radius 2 is 1.57 bits per heavy atom. The van der Waals surface area contributed by atoms with Gasteiger partial charge in [-0.05, 0) is 116 Å². The molecule has 5 nitrogen and oxygen atoms in total. The molecule has 6 aromatic rings. The van der Waals surface area contributed by atoms with Crippen molar-refractivity contribution < 1.29 is 0 Å². The lowest BCUT2D eigenvalue weighted by Crippen LogP contribution is -2.36. The SMILES string of the molecule is C1=CCCC(C2=NC(c3ccccc3-n3c4c(c5cc(-n6c7ccccc7c7cc8c(cc76)CCC=C8)ccc53)=CC3CC=CC=C3C=4)NC(C3=CCCC=C3)=N2)=C1. The molecular weight excluding hydrogens is 707 g/mol. The molecule has 4 aromatic carbocycles. The third kappa shape index (κ3) is 5.37. The van der Waals surface area contributed by atoms with Gasteiger partial charge in [-0.1, -0.05) is 109 Å². The number of aliphatic imine (C=N–C) groups is 2. The molecule has 2 aromatic heterocycles. The van der Waals surface area contributed by atoms with Crippen molar-refractivity contribution >= 4 is 62.6 Å². The number of fused-ring (bicyclic) bond motifs is 8. The second kappa shape index (κ2) is 13.5. The average molecular weight is 750 g/mol. The third-order valence-corrected chi connectivity index (χ3v) is 12.8. The predicted molar refractivity (Wildman–Crippen MR) is 242 cm³/mol. The molecule has 5 aliphatic carbocycles. The van der Waals surface area contributed by atoms with Crippen LogP contribution in [0.1, 0.15) is 61.4 Å². The van der Waals surface area contributed by atoms with Crippen molar-refractivity contribution in [2.75, 3.05) is 0 Å². The molecule has 2 unspecified atom stereocenters. The van der Waals surface area contributed by atoms with Crippen LogP contribution in [0.2, 0.25) is 0 Å². The fourth-order valence-electron chi connectivity index (χ4n) is 9.96. The van der Waals surface area contributed by atoms with E-state index in [0.29, 0.717) is 5.92 Å². The lowest BCUT2D eigenvalue weighted by atomic mass is 9.87. The second-order valence-corrected chi connectivity index (χ2v) is 16.3. The largest absolute Gasteiger partial charge is 0.344 e. The summed E-state index contributed by atoms with van der Waals surface area (Å²) < 4.78 is 4.99. The molecule has 0 amide bonds. The van der Waals surface area contributed by atoms with Crippen LogP contribution in [0.4, 0.5) is 0 Å². The molecule has 2 atom stereocenters. The Bertz CT molecular complexity index is 3180. The van der Waals surface area contributed by atoms with Crippen LogP contribution in [-0.2, 0) is 6.42 Å². The number of amidine groups is 2. The highest BCUT2D eigenvalue weighted by Gasteiger charge is 2.27. The highest BCUT2D eigenvalue weighted by molar-refractivity contribution is 6.14. The van der Waals surface area contributed by atoms with Crippen molar-refractivity contribution in [1.29, 1.82) is 0 Å². The van der Waals surface area contributed by atoms with Crippen LogP contribution in [0.15, 0.2) is 166 Å². The molecule has 5 heteroatoms. The highest BCUT2D eigenvalue weighted by Crippen LogP contribution is 2.37. The molecule has 0 saturated heterocycles. The number of allylic oxidation sites excluding steroid dienone is 10. The number of aryl methyl sites for hydroxylation is 1. The zero-order valence-corrected chi connectivity index (χ0v) is 32.4. The Morgan fingerprint density at radius 3 is 2.50 bits per heavy atom. The standard InChI is InChI=1S/C53H43N5/c1-3-15-34(16-4-1)51-54-52(35-17-5-2-6-18-35)56-53(55-51)42-24-12-14-26-47(42)58-48-28-27-40(33-45(48)44-30-37-20-8-10-22-39(37)32-50(44)58)57-46-25-13-11-23-41(46)43-29-36-19-7-9-21-38(36)31-49(43)57/h1,3,5,7-8,10-15,17-19,22-33,37,53H,2,4,6,9,16,20-21H2,(H,54,55,56). The van der Waals surface area contributed by atoms with Gasteiger partial charge < -0.3 is 14.5 Å². The molecule has 0 radical (unpaired) electrons. The normalized spacial score (nSPS) is 20.6. The zero-order chi connectivity index (χ0) is 38.2. The van der Waals surface area contributed by atoms with Crippen molar-refractivity contribution in [1.82, 2.24) is 14.5 Å². The summed E-state index contributed by atoms with van der Waals surface area (Å²) in [4.78, 5) is 10.6. The molecule has 0 bridgehead atoms. The molecule has 1 N–H and O–H groups in total. The number of nitrogens with one attached hydrogen (secondary N) is 1. The van der Waals surface area contributed by atoms with Gasteiger partial charge in [0.05, 0.1) is 27.6 Å². The molecule has 3 heterocycles. The summed E-state index contributed by atoms with van der Waals surface area (Å²) in [5.74, 6) is 2.07. The van der Waals surface area contributed by atoms with Crippen molar-refractivity contribution in [3.8, 4) is 11.4 Å². The number of nitrogens with zero attached hydrogens (tertiary/aromatic N) is 4. The van der Waals surface area contributed by atoms with E-state index in [-0.39, 0.29) is 6.17 Å². The molecule has 280 valence electrons. The first kappa shape index (κ1) is 33.4. The van der Waals surface area contributed by atoms with Crippen LogP contribution < -0.4 is 15.9 Å². The van der Waals surface area contributed by atoms with E-state index in [2.05, 4.69) is 172 Å². The van der Waals surface area contributed by atoms with E-state index in [9.17, 15) is 0 Å².